The Morgan fingerprint density at radius 1 is 1.50 bits per heavy atom. The van der Waals surface area contributed by atoms with Gasteiger partial charge in [-0.05, 0) is 27.2 Å². The van der Waals surface area contributed by atoms with Crippen LogP contribution in [0.4, 0.5) is 4.79 Å². The second-order valence-electron chi connectivity index (χ2n) is 4.80. The number of thiazole rings is 1. The van der Waals surface area contributed by atoms with Gasteiger partial charge in [-0.2, -0.15) is 0 Å². The van der Waals surface area contributed by atoms with Gasteiger partial charge in [-0.1, -0.05) is 0 Å². The van der Waals surface area contributed by atoms with Gasteiger partial charge < -0.3 is 15.3 Å². The molecule has 2 amide bonds. The number of carbonyl (C=O) groups excluding carboxylic acids is 1. The van der Waals surface area contributed by atoms with E-state index in [4.69, 9.17) is 5.11 Å². The summed E-state index contributed by atoms with van der Waals surface area (Å²) in [6.07, 6.45) is 0.533. The fraction of sp³-hybridized carbons (Fsp3) is 0.615. The van der Waals surface area contributed by atoms with Crippen LogP contribution in [0.15, 0.2) is 5.51 Å². The van der Waals surface area contributed by atoms with E-state index in [0.29, 0.717) is 19.5 Å². The maximum atomic E-state index is 12.1. The summed E-state index contributed by atoms with van der Waals surface area (Å²) in [7, 11) is 0. The summed E-state index contributed by atoms with van der Waals surface area (Å²) in [5.41, 5.74) is 2.68. The Hall–Kier alpha value is -1.63. The standard InChI is InChI=1S/C13H21N3O3S/c1-9(2)16(6-4-5-12(17)18)13(19)14-7-11-10(3)15-8-20-11/h8-9H,4-7H2,1-3H3,(H,14,19)(H,17,18). The normalized spacial score (nSPS) is 10.6. The van der Waals surface area contributed by atoms with Gasteiger partial charge in [0.15, 0.2) is 0 Å². The first-order chi connectivity index (χ1) is 9.41. The number of carboxylic acids is 1. The van der Waals surface area contributed by atoms with E-state index in [9.17, 15) is 9.59 Å². The number of rotatable bonds is 7. The molecule has 0 aliphatic heterocycles. The van der Waals surface area contributed by atoms with Crippen molar-refractivity contribution >= 4 is 23.3 Å². The first-order valence-electron chi connectivity index (χ1n) is 6.57. The van der Waals surface area contributed by atoms with Crippen molar-refractivity contribution in [1.82, 2.24) is 15.2 Å². The maximum absolute atomic E-state index is 12.1. The highest BCUT2D eigenvalue weighted by Crippen LogP contribution is 2.12. The van der Waals surface area contributed by atoms with Gasteiger partial charge in [-0.25, -0.2) is 9.78 Å². The van der Waals surface area contributed by atoms with Gasteiger partial charge in [0, 0.05) is 23.9 Å². The summed E-state index contributed by atoms with van der Waals surface area (Å²) in [6.45, 7) is 6.64. The number of nitrogens with one attached hydrogen (secondary N) is 1. The van der Waals surface area contributed by atoms with Gasteiger partial charge in [0.1, 0.15) is 0 Å². The van der Waals surface area contributed by atoms with Gasteiger partial charge in [-0.3, -0.25) is 4.79 Å². The van der Waals surface area contributed by atoms with Crippen molar-refractivity contribution in [3.05, 3.63) is 16.1 Å². The van der Waals surface area contributed by atoms with Crippen molar-refractivity contribution in [2.24, 2.45) is 0 Å². The summed E-state index contributed by atoms with van der Waals surface area (Å²) >= 11 is 1.51. The Kier molecular flexibility index (Phi) is 6.44. The molecule has 0 atom stereocenters. The predicted molar refractivity (Wildman–Crippen MR) is 77.8 cm³/mol. The largest absolute Gasteiger partial charge is 0.481 e. The zero-order valence-corrected chi connectivity index (χ0v) is 12.9. The lowest BCUT2D eigenvalue weighted by Crippen LogP contribution is -2.44. The number of carbonyl (C=O) groups is 2. The summed E-state index contributed by atoms with van der Waals surface area (Å²) in [5, 5.41) is 11.5. The van der Waals surface area contributed by atoms with E-state index in [0.717, 1.165) is 10.6 Å². The number of amides is 2. The Bertz CT molecular complexity index is 459. The first kappa shape index (κ1) is 16.4. The third kappa shape index (κ3) is 5.16. The van der Waals surface area contributed by atoms with Crippen LogP contribution in [0.2, 0.25) is 0 Å². The average Bonchev–Trinajstić information content (AvgIpc) is 2.76. The quantitative estimate of drug-likeness (QED) is 0.809. The summed E-state index contributed by atoms with van der Waals surface area (Å²) < 4.78 is 0. The molecule has 0 radical (unpaired) electrons. The molecule has 2 N–H and O–H groups in total. The van der Waals surface area contributed by atoms with Crippen molar-refractivity contribution in [2.45, 2.75) is 46.2 Å². The lowest BCUT2D eigenvalue weighted by atomic mass is 10.2. The zero-order valence-electron chi connectivity index (χ0n) is 12.0. The minimum Gasteiger partial charge on any atom is -0.481 e. The second-order valence-corrected chi connectivity index (χ2v) is 5.74. The average molecular weight is 299 g/mol. The molecule has 0 saturated heterocycles. The highest BCUT2D eigenvalue weighted by molar-refractivity contribution is 7.09. The number of hydrogen-bond donors (Lipinski definition) is 2. The first-order valence-corrected chi connectivity index (χ1v) is 7.45. The molecule has 0 aliphatic rings. The monoisotopic (exact) mass is 299 g/mol. The smallest absolute Gasteiger partial charge is 0.317 e. The molecule has 7 heteroatoms. The van der Waals surface area contributed by atoms with Crippen LogP contribution in [0.5, 0.6) is 0 Å². The lowest BCUT2D eigenvalue weighted by molar-refractivity contribution is -0.137. The van der Waals surface area contributed by atoms with Crippen LogP contribution >= 0.6 is 11.3 Å². The predicted octanol–water partition coefficient (Wildman–Crippen LogP) is 2.24. The molecule has 1 rings (SSSR count). The molecule has 20 heavy (non-hydrogen) atoms. The number of carboxylic acid groups (broad SMARTS) is 1. The number of hydrogen-bond acceptors (Lipinski definition) is 4. The molecule has 0 aromatic carbocycles. The molecule has 0 spiro atoms. The van der Waals surface area contributed by atoms with E-state index < -0.39 is 5.97 Å². The van der Waals surface area contributed by atoms with Crippen LogP contribution in [-0.2, 0) is 11.3 Å². The highest BCUT2D eigenvalue weighted by Gasteiger charge is 2.17. The summed E-state index contributed by atoms with van der Waals surface area (Å²) in [4.78, 5) is 29.5. The van der Waals surface area contributed by atoms with Crippen molar-refractivity contribution in [3.63, 3.8) is 0 Å². The Labute approximate surface area is 122 Å². The second kappa shape index (κ2) is 7.84. The Morgan fingerprint density at radius 3 is 2.70 bits per heavy atom. The molecule has 1 aromatic rings. The van der Waals surface area contributed by atoms with E-state index in [-0.39, 0.29) is 18.5 Å². The van der Waals surface area contributed by atoms with Crippen LogP contribution in [0.1, 0.15) is 37.3 Å². The molecule has 0 saturated carbocycles. The molecule has 0 aliphatic carbocycles. The molecular formula is C13H21N3O3S. The van der Waals surface area contributed by atoms with Crippen molar-refractivity contribution < 1.29 is 14.7 Å². The van der Waals surface area contributed by atoms with Gasteiger partial charge in [0.25, 0.3) is 0 Å². The highest BCUT2D eigenvalue weighted by atomic mass is 32.1. The van der Waals surface area contributed by atoms with Crippen LogP contribution in [0.3, 0.4) is 0 Å². The molecule has 1 aromatic heterocycles. The molecule has 0 bridgehead atoms. The zero-order chi connectivity index (χ0) is 15.1. The Balaban J connectivity index is 2.47. The molecule has 0 fully saturated rings. The molecule has 112 valence electrons. The minimum absolute atomic E-state index is 0.0337. The van der Waals surface area contributed by atoms with Crippen LogP contribution in [0.25, 0.3) is 0 Å². The van der Waals surface area contributed by atoms with Gasteiger partial charge in [0.05, 0.1) is 17.7 Å². The SMILES string of the molecule is Cc1ncsc1CNC(=O)N(CCCC(=O)O)C(C)C. The Morgan fingerprint density at radius 2 is 2.20 bits per heavy atom. The topological polar surface area (TPSA) is 82.5 Å². The van der Waals surface area contributed by atoms with Gasteiger partial charge >= 0.3 is 12.0 Å². The molecule has 0 unspecified atom stereocenters. The fourth-order valence-electron chi connectivity index (χ4n) is 1.75. The third-order valence-corrected chi connectivity index (χ3v) is 3.85. The van der Waals surface area contributed by atoms with Gasteiger partial charge in [0.2, 0.25) is 0 Å². The number of aliphatic carboxylic acids is 1. The third-order valence-electron chi connectivity index (χ3n) is 2.92. The fourth-order valence-corrected chi connectivity index (χ4v) is 2.47. The number of urea groups is 1. The number of aromatic nitrogens is 1. The van der Waals surface area contributed by atoms with E-state index in [2.05, 4.69) is 10.3 Å². The van der Waals surface area contributed by atoms with E-state index in [1.165, 1.54) is 11.3 Å². The summed E-state index contributed by atoms with van der Waals surface area (Å²) in [6, 6.07) is -0.135. The van der Waals surface area contributed by atoms with E-state index >= 15 is 0 Å². The molecule has 1 heterocycles. The van der Waals surface area contributed by atoms with Gasteiger partial charge in [-0.15, -0.1) is 11.3 Å². The molecular weight excluding hydrogens is 278 g/mol. The van der Waals surface area contributed by atoms with Crippen LogP contribution < -0.4 is 5.32 Å². The van der Waals surface area contributed by atoms with Crippen molar-refractivity contribution in [2.75, 3.05) is 6.54 Å². The number of nitrogens with zero attached hydrogens (tertiary/aromatic N) is 2. The minimum atomic E-state index is -0.839. The van der Waals surface area contributed by atoms with E-state index in [1.807, 2.05) is 20.8 Å². The molecule has 6 nitrogen and oxygen atoms in total. The van der Waals surface area contributed by atoms with Crippen LogP contribution in [0, 0.1) is 6.92 Å². The van der Waals surface area contributed by atoms with Crippen molar-refractivity contribution in [1.29, 1.82) is 0 Å². The van der Waals surface area contributed by atoms with Crippen molar-refractivity contribution in [3.8, 4) is 0 Å². The maximum Gasteiger partial charge on any atom is 0.317 e. The van der Waals surface area contributed by atoms with E-state index in [1.54, 1.807) is 10.4 Å². The van der Waals surface area contributed by atoms with Crippen LogP contribution in [-0.4, -0.2) is 39.6 Å². The lowest BCUT2D eigenvalue weighted by Gasteiger charge is -2.26. The summed E-state index contributed by atoms with van der Waals surface area (Å²) in [5.74, 6) is -0.839. The number of aryl methyl sites for hydroxylation is 1.